The molecule has 1 aromatic rings. The zero-order valence-electron chi connectivity index (χ0n) is 9.99. The molecule has 0 radical (unpaired) electrons. The molecular formula is C12H20BrN3. The molecule has 0 atom stereocenters. The third-order valence-corrected chi connectivity index (χ3v) is 3.19. The number of likely N-dealkylation sites (N-methyl/N-ethyl adjacent to an activating group) is 1. The summed E-state index contributed by atoms with van der Waals surface area (Å²) in [5, 5.41) is 0. The van der Waals surface area contributed by atoms with Crippen LogP contribution in [0.25, 0.3) is 0 Å². The van der Waals surface area contributed by atoms with E-state index in [9.17, 15) is 0 Å². The Hall–Kier alpha value is -0.740. The van der Waals surface area contributed by atoms with Gasteiger partial charge in [-0.15, -0.1) is 0 Å². The summed E-state index contributed by atoms with van der Waals surface area (Å²) in [7, 11) is 4.58. The zero-order valence-corrected chi connectivity index (χ0v) is 11.6. The summed E-state index contributed by atoms with van der Waals surface area (Å²) in [6, 6.07) is 8.17. The summed E-state index contributed by atoms with van der Waals surface area (Å²) in [6.07, 6.45) is 0. The molecule has 1 aromatic carbocycles. The second-order valence-corrected chi connectivity index (χ2v) is 4.96. The van der Waals surface area contributed by atoms with E-state index in [0.29, 0.717) is 0 Å². The van der Waals surface area contributed by atoms with Crippen LogP contribution in [0.15, 0.2) is 24.3 Å². The van der Waals surface area contributed by atoms with Crippen molar-refractivity contribution in [2.75, 3.05) is 50.9 Å². The highest BCUT2D eigenvalue weighted by Crippen LogP contribution is 2.19. The van der Waals surface area contributed by atoms with Gasteiger partial charge in [0.2, 0.25) is 0 Å². The summed E-state index contributed by atoms with van der Waals surface area (Å²) in [4.78, 5) is 2.42. The van der Waals surface area contributed by atoms with Crippen LogP contribution < -0.4 is 27.6 Å². The van der Waals surface area contributed by atoms with Crippen LogP contribution in [0.1, 0.15) is 0 Å². The number of rotatable bonds is 1. The first-order valence-electron chi connectivity index (χ1n) is 5.49. The quantitative estimate of drug-likeness (QED) is 0.486. The van der Waals surface area contributed by atoms with Gasteiger partial charge in [-0.1, -0.05) is 6.07 Å². The van der Waals surface area contributed by atoms with E-state index < -0.39 is 0 Å². The molecule has 0 aromatic heterocycles. The van der Waals surface area contributed by atoms with Crippen LogP contribution in [0.2, 0.25) is 0 Å². The van der Waals surface area contributed by atoms with Crippen molar-refractivity contribution in [3.05, 3.63) is 24.3 Å². The number of nitrogen functional groups attached to an aromatic ring is 1. The van der Waals surface area contributed by atoms with E-state index in [4.69, 9.17) is 5.73 Å². The van der Waals surface area contributed by atoms with Gasteiger partial charge in [-0.3, -0.25) is 0 Å². The van der Waals surface area contributed by atoms with Gasteiger partial charge in [0.25, 0.3) is 0 Å². The molecule has 2 rings (SSSR count). The summed E-state index contributed by atoms with van der Waals surface area (Å²) in [5.74, 6) is 0. The van der Waals surface area contributed by atoms with Crippen molar-refractivity contribution in [1.82, 2.24) is 0 Å². The molecule has 0 amide bonds. The second-order valence-electron chi connectivity index (χ2n) is 4.96. The number of benzene rings is 1. The molecule has 4 heteroatoms. The number of nitrogens with two attached hydrogens (primary N) is 1. The SMILES string of the molecule is C[N+]1(C)CCN(c2cccc(N)c2)CC1.[Br-]. The molecule has 0 bridgehead atoms. The van der Waals surface area contributed by atoms with E-state index in [1.807, 2.05) is 12.1 Å². The van der Waals surface area contributed by atoms with Crippen molar-refractivity contribution in [2.45, 2.75) is 0 Å². The lowest BCUT2D eigenvalue weighted by Crippen LogP contribution is -3.00. The lowest BCUT2D eigenvalue weighted by molar-refractivity contribution is -0.890. The average Bonchev–Trinajstić information content (AvgIpc) is 2.17. The lowest BCUT2D eigenvalue weighted by atomic mass is 10.2. The number of hydrogen-bond acceptors (Lipinski definition) is 2. The van der Waals surface area contributed by atoms with Gasteiger partial charge in [0.15, 0.2) is 0 Å². The summed E-state index contributed by atoms with van der Waals surface area (Å²) in [6.45, 7) is 4.65. The molecule has 1 aliphatic heterocycles. The topological polar surface area (TPSA) is 29.3 Å². The Bertz CT molecular complexity index is 342. The minimum atomic E-state index is 0. The van der Waals surface area contributed by atoms with Gasteiger partial charge in [0, 0.05) is 11.4 Å². The summed E-state index contributed by atoms with van der Waals surface area (Å²) >= 11 is 0. The first-order chi connectivity index (χ1) is 7.07. The average molecular weight is 286 g/mol. The van der Waals surface area contributed by atoms with Gasteiger partial charge in [0.05, 0.1) is 40.3 Å². The van der Waals surface area contributed by atoms with E-state index in [-0.39, 0.29) is 17.0 Å². The third kappa shape index (κ3) is 3.12. The second kappa shape index (κ2) is 5.06. The van der Waals surface area contributed by atoms with Gasteiger partial charge in [-0.2, -0.15) is 0 Å². The number of quaternary nitrogens is 1. The smallest absolute Gasteiger partial charge is 0.0961 e. The highest BCUT2D eigenvalue weighted by Gasteiger charge is 2.24. The summed E-state index contributed by atoms with van der Waals surface area (Å²) in [5.41, 5.74) is 7.90. The highest BCUT2D eigenvalue weighted by molar-refractivity contribution is 5.56. The van der Waals surface area contributed by atoms with Crippen molar-refractivity contribution in [2.24, 2.45) is 0 Å². The molecule has 0 aliphatic carbocycles. The molecule has 0 unspecified atom stereocenters. The Balaban J connectivity index is 0.00000128. The van der Waals surface area contributed by atoms with Crippen molar-refractivity contribution >= 4 is 11.4 Å². The number of halogens is 1. The first kappa shape index (κ1) is 13.3. The molecule has 1 saturated heterocycles. The fourth-order valence-corrected chi connectivity index (χ4v) is 1.99. The van der Waals surface area contributed by atoms with Crippen LogP contribution in [0.5, 0.6) is 0 Å². The van der Waals surface area contributed by atoms with Crippen LogP contribution in [-0.4, -0.2) is 44.8 Å². The van der Waals surface area contributed by atoms with Crippen LogP contribution >= 0.6 is 0 Å². The molecule has 0 spiro atoms. The van der Waals surface area contributed by atoms with Crippen molar-refractivity contribution in [3.8, 4) is 0 Å². The van der Waals surface area contributed by atoms with Gasteiger partial charge < -0.3 is 32.1 Å². The highest BCUT2D eigenvalue weighted by atomic mass is 79.9. The molecule has 3 nitrogen and oxygen atoms in total. The van der Waals surface area contributed by atoms with Gasteiger partial charge >= 0.3 is 0 Å². The number of anilines is 2. The van der Waals surface area contributed by atoms with Crippen LogP contribution in [0, 0.1) is 0 Å². The number of nitrogens with zero attached hydrogens (tertiary/aromatic N) is 2. The molecule has 0 saturated carbocycles. The van der Waals surface area contributed by atoms with Crippen LogP contribution in [0.3, 0.4) is 0 Å². The first-order valence-corrected chi connectivity index (χ1v) is 5.49. The standard InChI is InChI=1S/C12H20N3.BrH/c1-15(2)8-6-14(7-9-15)12-5-3-4-11(13)10-12;/h3-5,10H,6-9,13H2,1-2H3;1H/q+1;/p-1. The summed E-state index contributed by atoms with van der Waals surface area (Å²) < 4.78 is 1.12. The van der Waals surface area contributed by atoms with Gasteiger partial charge in [-0.25, -0.2) is 0 Å². The maximum atomic E-state index is 5.79. The van der Waals surface area contributed by atoms with Crippen molar-refractivity contribution in [3.63, 3.8) is 0 Å². The van der Waals surface area contributed by atoms with Crippen molar-refractivity contribution in [1.29, 1.82) is 0 Å². The molecule has 16 heavy (non-hydrogen) atoms. The minimum Gasteiger partial charge on any atom is -1.00 e. The third-order valence-electron chi connectivity index (χ3n) is 3.19. The molecule has 1 heterocycles. The molecule has 1 fully saturated rings. The lowest BCUT2D eigenvalue weighted by Gasteiger charge is -2.40. The van der Waals surface area contributed by atoms with Gasteiger partial charge in [0.1, 0.15) is 0 Å². The normalized spacial score (nSPS) is 19.0. The van der Waals surface area contributed by atoms with Gasteiger partial charge in [-0.05, 0) is 18.2 Å². The Morgan fingerprint density at radius 2 is 1.81 bits per heavy atom. The van der Waals surface area contributed by atoms with Crippen molar-refractivity contribution < 1.29 is 21.5 Å². The molecule has 2 N–H and O–H groups in total. The molecule has 1 aliphatic rings. The maximum absolute atomic E-state index is 5.79. The Kier molecular flexibility index (Phi) is 4.21. The zero-order chi connectivity index (χ0) is 10.9. The fourth-order valence-electron chi connectivity index (χ4n) is 1.99. The number of hydrogen-bond donors (Lipinski definition) is 1. The molecule has 90 valence electrons. The Labute approximate surface area is 108 Å². The van der Waals surface area contributed by atoms with E-state index in [1.165, 1.54) is 18.8 Å². The van der Waals surface area contributed by atoms with Crippen LogP contribution in [-0.2, 0) is 0 Å². The predicted molar refractivity (Wildman–Crippen MR) is 64.9 cm³/mol. The van der Waals surface area contributed by atoms with E-state index >= 15 is 0 Å². The van der Waals surface area contributed by atoms with E-state index in [0.717, 1.165) is 23.3 Å². The largest absolute Gasteiger partial charge is 1.00 e. The molecular weight excluding hydrogens is 266 g/mol. The van der Waals surface area contributed by atoms with E-state index in [2.05, 4.69) is 31.1 Å². The predicted octanol–water partition coefficient (Wildman–Crippen LogP) is -1.83. The Morgan fingerprint density at radius 1 is 1.19 bits per heavy atom. The number of piperazine rings is 1. The maximum Gasteiger partial charge on any atom is 0.0961 e. The Morgan fingerprint density at radius 3 is 2.38 bits per heavy atom. The van der Waals surface area contributed by atoms with Crippen LogP contribution in [0.4, 0.5) is 11.4 Å². The fraction of sp³-hybridized carbons (Fsp3) is 0.500. The van der Waals surface area contributed by atoms with E-state index in [1.54, 1.807) is 0 Å². The monoisotopic (exact) mass is 285 g/mol. The minimum absolute atomic E-state index is 0.